The van der Waals surface area contributed by atoms with Crippen molar-refractivity contribution in [3.63, 3.8) is 0 Å². The second-order valence-electron chi connectivity index (χ2n) is 6.62. The molecule has 0 radical (unpaired) electrons. The average molecular weight is 412 g/mol. The fourth-order valence-electron chi connectivity index (χ4n) is 2.68. The van der Waals surface area contributed by atoms with Crippen LogP contribution in [0.1, 0.15) is 27.0 Å². The first kappa shape index (κ1) is 20.7. The second kappa shape index (κ2) is 8.98. The second-order valence-corrected chi connectivity index (χ2v) is 8.38. The van der Waals surface area contributed by atoms with E-state index in [2.05, 4.69) is 10.0 Å². The molecule has 2 N–H and O–H groups in total. The lowest BCUT2D eigenvalue weighted by Crippen LogP contribution is -2.24. The van der Waals surface area contributed by atoms with Gasteiger partial charge >= 0.3 is 0 Å². The van der Waals surface area contributed by atoms with Gasteiger partial charge in [0.15, 0.2) is 0 Å². The maximum absolute atomic E-state index is 13.6. The Morgan fingerprint density at radius 2 is 1.45 bits per heavy atom. The van der Waals surface area contributed by atoms with E-state index >= 15 is 0 Å². The molecular weight excluding hydrogens is 391 g/mol. The molecule has 7 heteroatoms. The van der Waals surface area contributed by atoms with Crippen molar-refractivity contribution in [1.82, 2.24) is 10.0 Å². The fourth-order valence-corrected chi connectivity index (χ4v) is 3.69. The van der Waals surface area contributed by atoms with E-state index in [0.29, 0.717) is 0 Å². The lowest BCUT2D eigenvalue weighted by Gasteiger charge is -2.09. The minimum Gasteiger partial charge on any atom is -0.348 e. The standard InChI is InChI=1S/C22H21FN2O3S/c1-16-6-12-19(13-7-16)29(27,28)25-15-18-10-8-17(9-11-18)14-24-22(26)20-4-2-3-5-21(20)23/h2-13,25H,14-15H2,1H3,(H,24,26). The van der Waals surface area contributed by atoms with Gasteiger partial charge in [0.05, 0.1) is 10.5 Å². The van der Waals surface area contributed by atoms with Crippen LogP contribution in [0, 0.1) is 12.7 Å². The highest BCUT2D eigenvalue weighted by Crippen LogP contribution is 2.12. The predicted octanol–water partition coefficient (Wildman–Crippen LogP) is 3.54. The number of hydrogen-bond acceptors (Lipinski definition) is 3. The summed E-state index contributed by atoms with van der Waals surface area (Å²) < 4.78 is 40.9. The number of benzene rings is 3. The molecule has 0 saturated carbocycles. The number of amides is 1. The Morgan fingerprint density at radius 3 is 2.07 bits per heavy atom. The zero-order valence-corrected chi connectivity index (χ0v) is 16.7. The average Bonchev–Trinajstić information content (AvgIpc) is 2.72. The van der Waals surface area contributed by atoms with E-state index in [1.165, 1.54) is 18.2 Å². The first-order valence-corrected chi connectivity index (χ1v) is 10.5. The summed E-state index contributed by atoms with van der Waals surface area (Å²) in [6.45, 7) is 2.28. The van der Waals surface area contributed by atoms with Gasteiger partial charge in [-0.1, -0.05) is 54.1 Å². The molecule has 0 saturated heterocycles. The lowest BCUT2D eigenvalue weighted by molar-refractivity contribution is 0.0947. The molecule has 3 aromatic rings. The number of rotatable bonds is 7. The van der Waals surface area contributed by atoms with Crippen LogP contribution < -0.4 is 10.0 Å². The molecule has 1 amide bonds. The Labute approximate surface area is 169 Å². The van der Waals surface area contributed by atoms with Crippen molar-refractivity contribution in [2.45, 2.75) is 24.9 Å². The number of sulfonamides is 1. The van der Waals surface area contributed by atoms with E-state index in [0.717, 1.165) is 16.7 Å². The molecule has 29 heavy (non-hydrogen) atoms. The van der Waals surface area contributed by atoms with Crippen LogP contribution in [0.3, 0.4) is 0 Å². The highest BCUT2D eigenvalue weighted by molar-refractivity contribution is 7.89. The summed E-state index contributed by atoms with van der Waals surface area (Å²) in [6.07, 6.45) is 0. The molecule has 0 spiro atoms. The number of carbonyl (C=O) groups is 1. The predicted molar refractivity (Wildman–Crippen MR) is 109 cm³/mol. The quantitative estimate of drug-likeness (QED) is 0.623. The van der Waals surface area contributed by atoms with Crippen molar-refractivity contribution >= 4 is 15.9 Å². The van der Waals surface area contributed by atoms with Gasteiger partial charge in [0.2, 0.25) is 10.0 Å². The van der Waals surface area contributed by atoms with Crippen LogP contribution in [0.4, 0.5) is 4.39 Å². The summed E-state index contributed by atoms with van der Waals surface area (Å²) in [6, 6.07) is 19.6. The van der Waals surface area contributed by atoms with Gasteiger partial charge in [0.25, 0.3) is 5.91 Å². The molecule has 0 bridgehead atoms. The zero-order valence-electron chi connectivity index (χ0n) is 15.9. The van der Waals surface area contributed by atoms with Gasteiger partial charge in [-0.3, -0.25) is 4.79 Å². The van der Waals surface area contributed by atoms with Gasteiger partial charge < -0.3 is 5.32 Å². The van der Waals surface area contributed by atoms with E-state index in [1.807, 2.05) is 6.92 Å². The van der Waals surface area contributed by atoms with Crippen molar-refractivity contribution in [2.24, 2.45) is 0 Å². The Hall–Kier alpha value is -3.03. The van der Waals surface area contributed by atoms with Crippen LogP contribution in [-0.2, 0) is 23.1 Å². The molecule has 5 nitrogen and oxygen atoms in total. The maximum Gasteiger partial charge on any atom is 0.254 e. The highest BCUT2D eigenvalue weighted by atomic mass is 32.2. The largest absolute Gasteiger partial charge is 0.348 e. The molecule has 0 aromatic heterocycles. The van der Waals surface area contributed by atoms with Gasteiger partial charge in [-0.15, -0.1) is 0 Å². The summed E-state index contributed by atoms with van der Waals surface area (Å²) in [7, 11) is -3.58. The third-order valence-electron chi connectivity index (χ3n) is 4.39. The van der Waals surface area contributed by atoms with Crippen molar-refractivity contribution < 1.29 is 17.6 Å². The number of hydrogen-bond donors (Lipinski definition) is 2. The molecule has 0 heterocycles. The van der Waals surface area contributed by atoms with Crippen molar-refractivity contribution in [3.8, 4) is 0 Å². The van der Waals surface area contributed by atoms with E-state index in [1.54, 1.807) is 54.6 Å². The first-order valence-electron chi connectivity index (χ1n) is 9.02. The summed E-state index contributed by atoms with van der Waals surface area (Å²) in [4.78, 5) is 12.3. The van der Waals surface area contributed by atoms with Gasteiger partial charge in [-0.25, -0.2) is 17.5 Å². The minimum atomic E-state index is -3.58. The van der Waals surface area contributed by atoms with Gasteiger partial charge in [0.1, 0.15) is 5.82 Å². The number of aryl methyl sites for hydroxylation is 1. The van der Waals surface area contributed by atoms with Crippen LogP contribution in [0.5, 0.6) is 0 Å². The lowest BCUT2D eigenvalue weighted by atomic mass is 10.1. The topological polar surface area (TPSA) is 75.3 Å². The summed E-state index contributed by atoms with van der Waals surface area (Å²) in [5.41, 5.74) is 2.58. The third-order valence-corrected chi connectivity index (χ3v) is 5.81. The van der Waals surface area contributed by atoms with Crippen LogP contribution >= 0.6 is 0 Å². The monoisotopic (exact) mass is 412 g/mol. The molecule has 150 valence electrons. The molecule has 0 aliphatic rings. The summed E-state index contributed by atoms with van der Waals surface area (Å²) >= 11 is 0. The van der Waals surface area contributed by atoms with Crippen LogP contribution in [-0.4, -0.2) is 14.3 Å². The van der Waals surface area contributed by atoms with Crippen molar-refractivity contribution in [2.75, 3.05) is 0 Å². The Balaban J connectivity index is 1.55. The Bertz CT molecular complexity index is 1100. The third kappa shape index (κ3) is 5.49. The van der Waals surface area contributed by atoms with E-state index in [4.69, 9.17) is 0 Å². The Morgan fingerprint density at radius 1 is 0.862 bits per heavy atom. The number of nitrogens with one attached hydrogen (secondary N) is 2. The molecule has 0 atom stereocenters. The van der Waals surface area contributed by atoms with Gasteiger partial charge in [0, 0.05) is 13.1 Å². The molecule has 0 fully saturated rings. The molecular formula is C22H21FN2O3S. The fraction of sp³-hybridized carbons (Fsp3) is 0.136. The summed E-state index contributed by atoms with van der Waals surface area (Å²) in [5, 5.41) is 2.67. The van der Waals surface area contributed by atoms with E-state index < -0.39 is 21.7 Å². The molecule has 0 unspecified atom stereocenters. The van der Waals surface area contributed by atoms with Crippen molar-refractivity contribution in [3.05, 3.63) is 101 Å². The van der Waals surface area contributed by atoms with E-state index in [9.17, 15) is 17.6 Å². The highest BCUT2D eigenvalue weighted by Gasteiger charge is 2.13. The molecule has 3 aromatic carbocycles. The van der Waals surface area contributed by atoms with Crippen LogP contribution in [0.2, 0.25) is 0 Å². The van der Waals surface area contributed by atoms with Crippen molar-refractivity contribution in [1.29, 1.82) is 0 Å². The number of halogens is 1. The van der Waals surface area contributed by atoms with Crippen LogP contribution in [0.15, 0.2) is 77.7 Å². The Kier molecular flexibility index (Phi) is 6.41. The number of carbonyl (C=O) groups excluding carboxylic acids is 1. The SMILES string of the molecule is Cc1ccc(S(=O)(=O)NCc2ccc(CNC(=O)c3ccccc3F)cc2)cc1. The van der Waals surface area contributed by atoms with Gasteiger partial charge in [-0.2, -0.15) is 0 Å². The smallest absolute Gasteiger partial charge is 0.254 e. The molecule has 0 aliphatic carbocycles. The zero-order chi connectivity index (χ0) is 20.9. The normalized spacial score (nSPS) is 11.2. The molecule has 0 aliphatic heterocycles. The first-order chi connectivity index (χ1) is 13.8. The van der Waals surface area contributed by atoms with E-state index in [-0.39, 0.29) is 23.5 Å². The molecule has 3 rings (SSSR count). The maximum atomic E-state index is 13.6. The van der Waals surface area contributed by atoms with Gasteiger partial charge in [-0.05, 0) is 42.3 Å². The summed E-state index contributed by atoms with van der Waals surface area (Å²) in [5.74, 6) is -1.06. The van der Waals surface area contributed by atoms with Crippen LogP contribution in [0.25, 0.3) is 0 Å². The minimum absolute atomic E-state index is 0.00497.